The van der Waals surface area contributed by atoms with E-state index < -0.39 is 31.4 Å². The van der Waals surface area contributed by atoms with Crippen LogP contribution in [-0.2, 0) is 25.9 Å². The van der Waals surface area contributed by atoms with Gasteiger partial charge in [0.2, 0.25) is 0 Å². The highest BCUT2D eigenvalue weighted by atomic mass is 32.2. The molecule has 2 aromatic carbocycles. The van der Waals surface area contributed by atoms with Gasteiger partial charge in [-0.15, -0.1) is 0 Å². The third-order valence-corrected chi connectivity index (χ3v) is 8.02. The van der Waals surface area contributed by atoms with Crippen molar-refractivity contribution in [2.45, 2.75) is 42.2 Å². The largest absolute Gasteiger partial charge is 0.418 e. The topological polar surface area (TPSA) is 81.2 Å². The van der Waals surface area contributed by atoms with Crippen molar-refractivity contribution in [2.24, 2.45) is 0 Å². The highest BCUT2D eigenvalue weighted by Gasteiger charge is 2.34. The first-order chi connectivity index (χ1) is 16.7. The van der Waals surface area contributed by atoms with E-state index in [4.69, 9.17) is 0 Å². The van der Waals surface area contributed by atoms with Crippen molar-refractivity contribution in [1.82, 2.24) is 4.98 Å². The zero-order valence-corrected chi connectivity index (χ0v) is 21.6. The molecule has 1 heterocycles. The van der Waals surface area contributed by atoms with E-state index in [0.29, 0.717) is 16.9 Å². The number of allylic oxidation sites excluding steroid dienone is 2. The number of alkyl halides is 3. The molecule has 1 aliphatic rings. The van der Waals surface area contributed by atoms with Crippen molar-refractivity contribution in [3.8, 4) is 0 Å². The zero-order chi connectivity index (χ0) is 26.7. The maximum atomic E-state index is 13.2. The van der Waals surface area contributed by atoms with Crippen LogP contribution in [0.4, 0.5) is 13.2 Å². The monoisotopic (exact) mass is 537 g/mol. The molecule has 1 aliphatic carbocycles. The molecule has 10 heteroatoms. The fourth-order valence-electron chi connectivity index (χ4n) is 3.94. The number of nitrogens with zero attached hydrogens (tertiary/aromatic N) is 1. The Morgan fingerprint density at radius 2 is 1.25 bits per heavy atom. The van der Waals surface area contributed by atoms with Gasteiger partial charge in [-0.25, -0.2) is 16.8 Å². The van der Waals surface area contributed by atoms with Gasteiger partial charge in [-0.1, -0.05) is 30.3 Å². The average molecular weight is 538 g/mol. The van der Waals surface area contributed by atoms with E-state index in [1.54, 1.807) is 42.5 Å². The number of hydrogen-bond donors (Lipinski definition) is 0. The Hall–Kier alpha value is -2.98. The van der Waals surface area contributed by atoms with Crippen LogP contribution in [0.5, 0.6) is 0 Å². The molecule has 3 aromatic rings. The molecule has 1 aromatic heterocycles. The molecule has 0 atom stereocenters. The Morgan fingerprint density at radius 3 is 1.72 bits per heavy atom. The number of pyridine rings is 1. The molecular formula is C26H26F3NO4S2. The lowest BCUT2D eigenvalue weighted by Gasteiger charge is -2.13. The smallest absolute Gasteiger partial charge is 0.260 e. The summed E-state index contributed by atoms with van der Waals surface area (Å²) in [7, 11) is -6.29. The van der Waals surface area contributed by atoms with Crippen molar-refractivity contribution in [3.63, 3.8) is 0 Å². The zero-order valence-electron chi connectivity index (χ0n) is 20.0. The highest BCUT2D eigenvalue weighted by molar-refractivity contribution is 7.91. The number of benzene rings is 2. The third-order valence-electron chi connectivity index (χ3n) is 5.76. The lowest BCUT2D eigenvalue weighted by atomic mass is 9.97. The third kappa shape index (κ3) is 6.82. The van der Waals surface area contributed by atoms with E-state index in [-0.39, 0.29) is 10.6 Å². The van der Waals surface area contributed by atoms with E-state index >= 15 is 0 Å². The summed E-state index contributed by atoms with van der Waals surface area (Å²) in [5, 5.41) is 0. The van der Waals surface area contributed by atoms with Crippen LogP contribution < -0.4 is 0 Å². The van der Waals surface area contributed by atoms with Gasteiger partial charge in [0.15, 0.2) is 19.7 Å². The molecule has 192 valence electrons. The molecule has 0 spiro atoms. The van der Waals surface area contributed by atoms with Crippen LogP contribution in [0.1, 0.15) is 41.6 Å². The summed E-state index contributed by atoms with van der Waals surface area (Å²) < 4.78 is 84.4. The predicted octanol–water partition coefficient (Wildman–Crippen LogP) is 6.00. The maximum Gasteiger partial charge on any atom is 0.418 e. The summed E-state index contributed by atoms with van der Waals surface area (Å²) in [5.74, 6) is 0. The summed E-state index contributed by atoms with van der Waals surface area (Å²) in [5.41, 5.74) is 2.33. The van der Waals surface area contributed by atoms with E-state index in [1.165, 1.54) is 31.5 Å². The van der Waals surface area contributed by atoms with Crippen molar-refractivity contribution in [2.75, 3.05) is 12.5 Å². The first kappa shape index (κ1) is 27.6. The number of aromatic nitrogens is 1. The highest BCUT2D eigenvalue weighted by Crippen LogP contribution is 2.41. The Kier molecular flexibility index (Phi) is 8.10. The molecule has 0 unspecified atom stereocenters. The van der Waals surface area contributed by atoms with Crippen LogP contribution in [0.3, 0.4) is 0 Å². The maximum absolute atomic E-state index is 13.2. The first-order valence-corrected chi connectivity index (χ1v) is 14.8. The number of sulfone groups is 2. The van der Waals surface area contributed by atoms with Gasteiger partial charge < -0.3 is 0 Å². The van der Waals surface area contributed by atoms with Gasteiger partial charge in [0.1, 0.15) is 0 Å². The summed E-state index contributed by atoms with van der Waals surface area (Å²) in [6.45, 7) is 1.35. The first-order valence-electron chi connectivity index (χ1n) is 11.0. The van der Waals surface area contributed by atoms with Crippen LogP contribution in [0, 0.1) is 6.92 Å². The number of rotatable bonds is 4. The Labute approximate surface area is 209 Å². The Morgan fingerprint density at radius 1 is 0.750 bits per heavy atom. The molecule has 4 rings (SSSR count). The molecule has 0 bridgehead atoms. The predicted molar refractivity (Wildman–Crippen MR) is 134 cm³/mol. The minimum atomic E-state index is -4.44. The minimum absolute atomic E-state index is 0.0427. The lowest BCUT2D eigenvalue weighted by molar-refractivity contribution is -0.138. The fraction of sp³-hybridized carbons (Fsp3) is 0.269. The second-order valence-electron chi connectivity index (χ2n) is 8.55. The summed E-state index contributed by atoms with van der Waals surface area (Å²) in [6, 6.07) is 16.0. The standard InChI is InChI=1S/C19H18F3NO2S.C7H8O2S/c1-12-18(19(20,21)22)10-14(11-23-12)17-5-3-4-16(17)13-6-8-15(9-7-13)26(2,24)25;1-10(8,9)7-5-3-2-4-6-7/h6-11H,3-5H2,1-2H3;2-6H,1H3. The molecule has 0 saturated heterocycles. The van der Waals surface area contributed by atoms with Gasteiger partial charge in [0.05, 0.1) is 15.4 Å². The van der Waals surface area contributed by atoms with Crippen LogP contribution in [0.25, 0.3) is 11.1 Å². The van der Waals surface area contributed by atoms with Gasteiger partial charge in [-0.05, 0) is 78.8 Å². The van der Waals surface area contributed by atoms with Crippen molar-refractivity contribution >= 4 is 30.8 Å². The molecule has 5 nitrogen and oxygen atoms in total. The molecule has 0 saturated carbocycles. The minimum Gasteiger partial charge on any atom is -0.260 e. The number of halogens is 3. The van der Waals surface area contributed by atoms with E-state index in [9.17, 15) is 30.0 Å². The summed E-state index contributed by atoms with van der Waals surface area (Å²) in [6.07, 6.45) is 1.63. The van der Waals surface area contributed by atoms with Crippen LogP contribution in [0.15, 0.2) is 76.7 Å². The van der Waals surface area contributed by atoms with Crippen LogP contribution >= 0.6 is 0 Å². The lowest BCUT2D eigenvalue weighted by Crippen LogP contribution is -2.09. The van der Waals surface area contributed by atoms with E-state index in [1.807, 2.05) is 0 Å². The van der Waals surface area contributed by atoms with Crippen LogP contribution in [-0.4, -0.2) is 34.3 Å². The summed E-state index contributed by atoms with van der Waals surface area (Å²) in [4.78, 5) is 4.52. The Bertz CT molecular complexity index is 1480. The second kappa shape index (κ2) is 10.6. The molecule has 0 amide bonds. The van der Waals surface area contributed by atoms with Gasteiger partial charge in [0, 0.05) is 24.4 Å². The molecular weight excluding hydrogens is 511 g/mol. The summed E-state index contributed by atoms with van der Waals surface area (Å²) >= 11 is 0. The number of aryl methyl sites for hydroxylation is 1. The van der Waals surface area contributed by atoms with E-state index in [2.05, 4.69) is 4.98 Å². The average Bonchev–Trinajstić information content (AvgIpc) is 3.29. The van der Waals surface area contributed by atoms with Crippen molar-refractivity contribution in [1.29, 1.82) is 0 Å². The fourth-order valence-corrected chi connectivity index (χ4v) is 5.22. The van der Waals surface area contributed by atoms with Crippen molar-refractivity contribution in [3.05, 3.63) is 89.2 Å². The van der Waals surface area contributed by atoms with Gasteiger partial charge in [-0.2, -0.15) is 13.2 Å². The van der Waals surface area contributed by atoms with Gasteiger partial charge in [0.25, 0.3) is 0 Å². The molecule has 36 heavy (non-hydrogen) atoms. The SMILES string of the molecule is CS(=O)(=O)c1ccccc1.Cc1ncc(C2=C(c3ccc(S(C)(=O)=O)cc3)CCC2)cc1C(F)(F)F. The quantitative estimate of drug-likeness (QED) is 0.408. The van der Waals surface area contributed by atoms with Gasteiger partial charge >= 0.3 is 6.18 Å². The van der Waals surface area contributed by atoms with Crippen molar-refractivity contribution < 1.29 is 30.0 Å². The second-order valence-corrected chi connectivity index (χ2v) is 12.6. The number of hydrogen-bond acceptors (Lipinski definition) is 5. The van der Waals surface area contributed by atoms with Crippen LogP contribution in [0.2, 0.25) is 0 Å². The normalized spacial score (nSPS) is 14.4. The van der Waals surface area contributed by atoms with Gasteiger partial charge in [-0.3, -0.25) is 4.98 Å². The molecule has 0 aliphatic heterocycles. The van der Waals surface area contributed by atoms with E-state index in [0.717, 1.165) is 41.9 Å². The molecule has 0 radical (unpaired) electrons. The molecule has 0 fully saturated rings. The Balaban J connectivity index is 0.000000303. The molecule has 0 N–H and O–H groups in total.